The molecule has 2 rings (SSSR count). The Morgan fingerprint density at radius 2 is 1.90 bits per heavy atom. The SMILES string of the molecule is C=CCN(CCCCCCC)C1CCCCC(COc2ccc([N+](=O)[O-])cc2)C1. The molecule has 1 aromatic rings. The normalized spacial score (nSPS) is 19.7. The quantitative estimate of drug-likeness (QED) is 0.126. The van der Waals surface area contributed by atoms with Crippen LogP contribution in [0.4, 0.5) is 5.69 Å². The van der Waals surface area contributed by atoms with Crippen molar-refractivity contribution in [2.75, 3.05) is 19.7 Å². The van der Waals surface area contributed by atoms with E-state index in [9.17, 15) is 10.1 Å². The van der Waals surface area contributed by atoms with Crippen molar-refractivity contribution in [2.45, 2.75) is 77.2 Å². The number of hydrogen-bond donors (Lipinski definition) is 0. The number of nitrogens with zero attached hydrogens (tertiary/aromatic N) is 2. The Kier molecular flexibility index (Phi) is 10.8. The van der Waals surface area contributed by atoms with Gasteiger partial charge >= 0.3 is 0 Å². The van der Waals surface area contributed by atoms with Gasteiger partial charge in [-0.1, -0.05) is 51.5 Å². The van der Waals surface area contributed by atoms with Crippen LogP contribution in [0.15, 0.2) is 36.9 Å². The number of hydrogen-bond acceptors (Lipinski definition) is 4. The predicted octanol–water partition coefficient (Wildman–Crippen LogP) is 6.38. The van der Waals surface area contributed by atoms with Crippen LogP contribution in [-0.2, 0) is 0 Å². The highest BCUT2D eigenvalue weighted by Gasteiger charge is 2.25. The first-order valence-corrected chi connectivity index (χ1v) is 11.4. The Balaban J connectivity index is 1.85. The molecule has 0 spiro atoms. The zero-order valence-corrected chi connectivity index (χ0v) is 18.1. The van der Waals surface area contributed by atoms with E-state index < -0.39 is 0 Å². The van der Waals surface area contributed by atoms with E-state index in [1.54, 1.807) is 12.1 Å². The lowest BCUT2D eigenvalue weighted by Crippen LogP contribution is -2.37. The van der Waals surface area contributed by atoms with Crippen LogP contribution in [0.25, 0.3) is 0 Å². The third-order valence-electron chi connectivity index (χ3n) is 5.97. The zero-order valence-electron chi connectivity index (χ0n) is 18.1. The Bertz CT molecular complexity index is 603. The highest BCUT2D eigenvalue weighted by Crippen LogP contribution is 2.28. The average molecular weight is 403 g/mol. The van der Waals surface area contributed by atoms with Gasteiger partial charge in [-0.2, -0.15) is 0 Å². The van der Waals surface area contributed by atoms with Crippen LogP contribution >= 0.6 is 0 Å². The second-order valence-corrected chi connectivity index (χ2v) is 8.30. The minimum Gasteiger partial charge on any atom is -0.493 e. The fourth-order valence-electron chi connectivity index (χ4n) is 4.30. The van der Waals surface area contributed by atoms with Crippen molar-refractivity contribution in [3.8, 4) is 5.75 Å². The summed E-state index contributed by atoms with van der Waals surface area (Å²) in [6.07, 6.45) is 14.8. The van der Waals surface area contributed by atoms with E-state index in [1.165, 1.54) is 69.9 Å². The summed E-state index contributed by atoms with van der Waals surface area (Å²) in [5, 5.41) is 10.8. The maximum absolute atomic E-state index is 10.8. The van der Waals surface area contributed by atoms with Crippen molar-refractivity contribution in [2.24, 2.45) is 5.92 Å². The minimum absolute atomic E-state index is 0.103. The highest BCUT2D eigenvalue weighted by molar-refractivity contribution is 5.35. The second-order valence-electron chi connectivity index (χ2n) is 8.30. The molecule has 0 aliphatic heterocycles. The molecule has 0 saturated heterocycles. The number of non-ortho nitro benzene ring substituents is 1. The lowest BCUT2D eigenvalue weighted by molar-refractivity contribution is -0.384. The third kappa shape index (κ3) is 8.57. The molecule has 0 aromatic heterocycles. The molecule has 2 unspecified atom stereocenters. The number of rotatable bonds is 13. The molecule has 0 N–H and O–H groups in total. The first-order valence-electron chi connectivity index (χ1n) is 11.4. The van der Waals surface area contributed by atoms with Crippen LogP contribution in [-0.4, -0.2) is 35.6 Å². The molecule has 5 heteroatoms. The van der Waals surface area contributed by atoms with Crippen LogP contribution in [0.3, 0.4) is 0 Å². The summed E-state index contributed by atoms with van der Waals surface area (Å²) in [6.45, 7) is 9.05. The second kappa shape index (κ2) is 13.4. The van der Waals surface area contributed by atoms with Gasteiger partial charge in [0.25, 0.3) is 5.69 Å². The molecule has 2 atom stereocenters. The molecule has 0 radical (unpaired) electrons. The van der Waals surface area contributed by atoms with Crippen LogP contribution in [0.1, 0.15) is 71.1 Å². The van der Waals surface area contributed by atoms with Crippen LogP contribution < -0.4 is 4.74 Å². The van der Waals surface area contributed by atoms with E-state index in [-0.39, 0.29) is 10.6 Å². The van der Waals surface area contributed by atoms with Gasteiger partial charge in [0.2, 0.25) is 0 Å². The maximum atomic E-state index is 10.8. The van der Waals surface area contributed by atoms with Crippen molar-refractivity contribution in [3.63, 3.8) is 0 Å². The van der Waals surface area contributed by atoms with Gasteiger partial charge < -0.3 is 4.74 Å². The van der Waals surface area contributed by atoms with Crippen molar-refractivity contribution in [3.05, 3.63) is 47.0 Å². The largest absolute Gasteiger partial charge is 0.493 e. The first kappa shape index (κ1) is 23.4. The number of ether oxygens (including phenoxy) is 1. The van der Waals surface area contributed by atoms with Gasteiger partial charge in [0, 0.05) is 24.7 Å². The third-order valence-corrected chi connectivity index (χ3v) is 5.97. The molecule has 162 valence electrons. The number of nitro benzene ring substituents is 1. The summed E-state index contributed by atoms with van der Waals surface area (Å²) < 4.78 is 5.99. The fraction of sp³-hybridized carbons (Fsp3) is 0.667. The van der Waals surface area contributed by atoms with Crippen LogP contribution in [0, 0.1) is 16.0 Å². The summed E-state index contributed by atoms with van der Waals surface area (Å²) in [7, 11) is 0. The summed E-state index contributed by atoms with van der Waals surface area (Å²) in [5.41, 5.74) is 0.103. The molecule has 0 heterocycles. The molecule has 0 amide bonds. The average Bonchev–Trinajstić information content (AvgIpc) is 2.97. The van der Waals surface area contributed by atoms with Gasteiger partial charge in [0.05, 0.1) is 11.5 Å². The maximum Gasteiger partial charge on any atom is 0.269 e. The molecule has 5 nitrogen and oxygen atoms in total. The smallest absolute Gasteiger partial charge is 0.269 e. The summed E-state index contributed by atoms with van der Waals surface area (Å²) in [5.74, 6) is 1.25. The van der Waals surface area contributed by atoms with Crippen molar-refractivity contribution in [1.82, 2.24) is 4.90 Å². The monoisotopic (exact) mass is 402 g/mol. The zero-order chi connectivity index (χ0) is 20.9. The lowest BCUT2D eigenvalue weighted by Gasteiger charge is -2.32. The van der Waals surface area contributed by atoms with E-state index in [1.807, 2.05) is 6.08 Å². The van der Waals surface area contributed by atoms with Crippen LogP contribution in [0.2, 0.25) is 0 Å². The molecule has 1 saturated carbocycles. The fourth-order valence-corrected chi connectivity index (χ4v) is 4.30. The first-order chi connectivity index (χ1) is 14.1. The van der Waals surface area contributed by atoms with Crippen molar-refractivity contribution in [1.29, 1.82) is 0 Å². The molecule has 29 heavy (non-hydrogen) atoms. The number of nitro groups is 1. The predicted molar refractivity (Wildman–Crippen MR) is 119 cm³/mol. The van der Waals surface area contributed by atoms with E-state index in [0.29, 0.717) is 18.6 Å². The number of benzene rings is 1. The van der Waals surface area contributed by atoms with Gasteiger partial charge in [0.1, 0.15) is 5.75 Å². The van der Waals surface area contributed by atoms with Gasteiger partial charge in [-0.15, -0.1) is 6.58 Å². The molecular weight excluding hydrogens is 364 g/mol. The number of unbranched alkanes of at least 4 members (excludes halogenated alkanes) is 4. The van der Waals surface area contributed by atoms with E-state index >= 15 is 0 Å². The van der Waals surface area contributed by atoms with E-state index in [2.05, 4.69) is 18.4 Å². The highest BCUT2D eigenvalue weighted by atomic mass is 16.6. The minimum atomic E-state index is -0.379. The van der Waals surface area contributed by atoms with Gasteiger partial charge in [-0.05, 0) is 50.3 Å². The van der Waals surface area contributed by atoms with Gasteiger partial charge in [0.15, 0.2) is 0 Å². The molecule has 0 bridgehead atoms. The van der Waals surface area contributed by atoms with Crippen molar-refractivity contribution < 1.29 is 9.66 Å². The summed E-state index contributed by atoms with van der Waals surface area (Å²) in [6, 6.07) is 7.02. The Morgan fingerprint density at radius 1 is 1.17 bits per heavy atom. The molecule has 1 fully saturated rings. The topological polar surface area (TPSA) is 55.6 Å². The van der Waals surface area contributed by atoms with E-state index in [4.69, 9.17) is 4.74 Å². The summed E-state index contributed by atoms with van der Waals surface area (Å²) in [4.78, 5) is 13.0. The molecule has 1 aromatic carbocycles. The van der Waals surface area contributed by atoms with E-state index in [0.717, 1.165) is 25.3 Å². The Labute approximate surface area is 176 Å². The molecule has 1 aliphatic carbocycles. The molecule has 1 aliphatic rings. The Hall–Kier alpha value is -1.88. The van der Waals surface area contributed by atoms with Gasteiger partial charge in [-0.25, -0.2) is 0 Å². The lowest BCUT2D eigenvalue weighted by atomic mass is 9.97. The van der Waals surface area contributed by atoms with Crippen molar-refractivity contribution >= 4 is 5.69 Å². The van der Waals surface area contributed by atoms with Crippen LogP contribution in [0.5, 0.6) is 5.75 Å². The Morgan fingerprint density at radius 3 is 2.59 bits per heavy atom. The molecular formula is C24H38N2O3. The standard InChI is InChI=1S/C24H38N2O3/c1-3-5-6-7-10-18-25(17-4-2)23-12-9-8-11-21(19-23)20-29-24-15-13-22(14-16-24)26(27)28/h4,13-16,21,23H,2-3,5-12,17-20H2,1H3. The van der Waals surface area contributed by atoms with Gasteiger partial charge in [-0.3, -0.25) is 15.0 Å². The summed E-state index contributed by atoms with van der Waals surface area (Å²) >= 11 is 0.